The molecule has 0 saturated carbocycles. The highest BCUT2D eigenvalue weighted by Gasteiger charge is 2.29. The van der Waals surface area contributed by atoms with Crippen LogP contribution in [0.2, 0.25) is 0 Å². The second-order valence-electron chi connectivity index (χ2n) is 8.64. The zero-order valence-electron chi connectivity index (χ0n) is 18.7. The summed E-state index contributed by atoms with van der Waals surface area (Å²) >= 11 is 0. The molecule has 170 valence electrons. The Morgan fingerprint density at radius 1 is 1.09 bits per heavy atom. The highest BCUT2D eigenvalue weighted by molar-refractivity contribution is 5.80. The van der Waals surface area contributed by atoms with Crippen molar-refractivity contribution in [2.45, 2.75) is 25.8 Å². The number of aryl methyl sites for hydroxylation is 1. The molecule has 1 saturated heterocycles. The Morgan fingerprint density at radius 2 is 1.94 bits per heavy atom. The molecule has 0 radical (unpaired) electrons. The number of amides is 1. The van der Waals surface area contributed by atoms with Crippen LogP contribution in [0.1, 0.15) is 16.8 Å². The molecule has 8 nitrogen and oxygen atoms in total. The van der Waals surface area contributed by atoms with E-state index in [1.54, 1.807) is 17.1 Å². The van der Waals surface area contributed by atoms with Crippen LogP contribution < -0.4 is 0 Å². The third-order valence-electron chi connectivity index (χ3n) is 5.94. The van der Waals surface area contributed by atoms with E-state index in [1.807, 2.05) is 48.6 Å². The lowest BCUT2D eigenvalue weighted by atomic mass is 10.2. The first-order valence-electron chi connectivity index (χ1n) is 11.2. The van der Waals surface area contributed by atoms with Crippen molar-refractivity contribution in [1.29, 1.82) is 0 Å². The summed E-state index contributed by atoms with van der Waals surface area (Å²) in [6.07, 6.45) is 7.20. The van der Waals surface area contributed by atoms with Gasteiger partial charge in [0.2, 0.25) is 5.91 Å². The number of H-pyrrole nitrogens is 1. The molecule has 1 aliphatic heterocycles. The molecule has 5 rings (SSSR count). The number of rotatable bonds is 7. The molecule has 8 heteroatoms. The molecule has 1 fully saturated rings. The van der Waals surface area contributed by atoms with Gasteiger partial charge in [-0.15, -0.1) is 0 Å². The summed E-state index contributed by atoms with van der Waals surface area (Å²) < 4.78 is 8.06. The number of carbonyl (C=O) groups excluding carboxylic acids is 1. The van der Waals surface area contributed by atoms with Crippen LogP contribution in [0.3, 0.4) is 0 Å². The molecule has 3 aromatic heterocycles. The van der Waals surface area contributed by atoms with E-state index in [0.29, 0.717) is 39.3 Å². The Balaban J connectivity index is 1.33. The first kappa shape index (κ1) is 21.4. The lowest BCUT2D eigenvalue weighted by molar-refractivity contribution is -0.132. The molecule has 1 atom stereocenters. The van der Waals surface area contributed by atoms with Gasteiger partial charge in [-0.05, 0) is 35.2 Å². The third kappa shape index (κ3) is 5.30. The van der Waals surface area contributed by atoms with Gasteiger partial charge in [0, 0.05) is 68.6 Å². The summed E-state index contributed by atoms with van der Waals surface area (Å²) in [5, 5.41) is 5.42. The highest BCUT2D eigenvalue weighted by Crippen LogP contribution is 2.19. The Bertz CT molecular complexity index is 1180. The fourth-order valence-electron chi connectivity index (χ4n) is 4.35. The van der Waals surface area contributed by atoms with Crippen LogP contribution in [-0.4, -0.2) is 61.2 Å². The smallest absolute Gasteiger partial charge is 0.237 e. The van der Waals surface area contributed by atoms with Gasteiger partial charge in [0.05, 0.1) is 25.5 Å². The molecule has 4 heterocycles. The van der Waals surface area contributed by atoms with E-state index in [-0.39, 0.29) is 12.0 Å². The molecule has 1 aromatic carbocycles. The number of hydrogen-bond donors (Lipinski definition) is 1. The number of aromatic amines is 1. The van der Waals surface area contributed by atoms with Gasteiger partial charge in [-0.1, -0.05) is 18.2 Å². The van der Waals surface area contributed by atoms with Crippen molar-refractivity contribution in [2.75, 3.05) is 19.6 Å². The number of fused-ring (bicyclic) bond motifs is 1. The molecular weight excluding hydrogens is 416 g/mol. The quantitative estimate of drug-likeness (QED) is 0.474. The predicted molar refractivity (Wildman–Crippen MR) is 125 cm³/mol. The molecule has 1 amide bonds. The average Bonchev–Trinajstić information content (AvgIpc) is 3.38. The van der Waals surface area contributed by atoms with E-state index in [4.69, 9.17) is 4.74 Å². The van der Waals surface area contributed by atoms with Gasteiger partial charge in [0.25, 0.3) is 0 Å². The summed E-state index contributed by atoms with van der Waals surface area (Å²) in [7, 11) is 1.89. The van der Waals surface area contributed by atoms with Crippen LogP contribution in [0.25, 0.3) is 10.9 Å². The van der Waals surface area contributed by atoms with Crippen LogP contribution >= 0.6 is 0 Å². The number of para-hydroxylation sites is 1. The molecule has 1 unspecified atom stereocenters. The van der Waals surface area contributed by atoms with E-state index < -0.39 is 0 Å². The molecule has 1 aliphatic rings. The Morgan fingerprint density at radius 3 is 2.73 bits per heavy atom. The maximum Gasteiger partial charge on any atom is 0.237 e. The van der Waals surface area contributed by atoms with Crippen molar-refractivity contribution in [2.24, 2.45) is 7.05 Å². The van der Waals surface area contributed by atoms with E-state index in [9.17, 15) is 4.79 Å². The number of benzene rings is 1. The van der Waals surface area contributed by atoms with E-state index in [2.05, 4.69) is 38.2 Å². The number of hydrogen-bond acceptors (Lipinski definition) is 5. The number of aromatic nitrogens is 4. The number of pyridine rings is 1. The van der Waals surface area contributed by atoms with Gasteiger partial charge < -0.3 is 14.6 Å². The second kappa shape index (κ2) is 9.56. The summed E-state index contributed by atoms with van der Waals surface area (Å²) in [6, 6.07) is 14.3. The largest absolute Gasteiger partial charge is 0.370 e. The summed E-state index contributed by atoms with van der Waals surface area (Å²) in [5.41, 5.74) is 4.29. The first-order chi connectivity index (χ1) is 16.1. The number of nitrogens with one attached hydrogen (secondary N) is 1. The van der Waals surface area contributed by atoms with Gasteiger partial charge in [-0.25, -0.2) is 0 Å². The van der Waals surface area contributed by atoms with Gasteiger partial charge in [-0.3, -0.25) is 19.4 Å². The lowest BCUT2D eigenvalue weighted by Crippen LogP contribution is -2.37. The minimum Gasteiger partial charge on any atom is -0.370 e. The van der Waals surface area contributed by atoms with Crippen LogP contribution in [0.4, 0.5) is 0 Å². The van der Waals surface area contributed by atoms with Crippen molar-refractivity contribution in [3.63, 3.8) is 0 Å². The average molecular weight is 445 g/mol. The SMILES string of the molecule is Cn1cc(CN2CC(OCc3ccncc3)CN(Cc3cc4ccccc4[nH]3)CC2=O)cn1. The molecule has 0 spiro atoms. The van der Waals surface area contributed by atoms with Crippen molar-refractivity contribution in [1.82, 2.24) is 29.5 Å². The minimum absolute atomic E-state index is 0.102. The minimum atomic E-state index is -0.106. The van der Waals surface area contributed by atoms with Crippen LogP contribution in [0.5, 0.6) is 0 Å². The van der Waals surface area contributed by atoms with Crippen LogP contribution in [0.15, 0.2) is 67.3 Å². The first-order valence-corrected chi connectivity index (χ1v) is 11.2. The Labute approximate surface area is 192 Å². The van der Waals surface area contributed by atoms with E-state index >= 15 is 0 Å². The molecular formula is C25H28N6O2. The number of ether oxygens (including phenoxy) is 1. The van der Waals surface area contributed by atoms with Gasteiger partial charge in [-0.2, -0.15) is 5.10 Å². The topological polar surface area (TPSA) is 79.3 Å². The fourth-order valence-corrected chi connectivity index (χ4v) is 4.35. The van der Waals surface area contributed by atoms with Crippen molar-refractivity contribution in [3.8, 4) is 0 Å². The second-order valence-corrected chi connectivity index (χ2v) is 8.64. The zero-order valence-corrected chi connectivity index (χ0v) is 18.7. The molecule has 0 bridgehead atoms. The van der Waals surface area contributed by atoms with Gasteiger partial charge in [0.1, 0.15) is 0 Å². The summed E-state index contributed by atoms with van der Waals surface area (Å²) in [4.78, 5) is 24.8. The molecule has 1 N–H and O–H groups in total. The lowest BCUT2D eigenvalue weighted by Gasteiger charge is -2.24. The van der Waals surface area contributed by atoms with Crippen molar-refractivity contribution in [3.05, 3.63) is 84.1 Å². The normalized spacial score (nSPS) is 17.5. The van der Waals surface area contributed by atoms with Gasteiger partial charge >= 0.3 is 0 Å². The number of carbonyl (C=O) groups is 1. The van der Waals surface area contributed by atoms with Crippen molar-refractivity contribution < 1.29 is 9.53 Å². The van der Waals surface area contributed by atoms with E-state index in [1.165, 1.54) is 5.39 Å². The van der Waals surface area contributed by atoms with Crippen LogP contribution in [-0.2, 0) is 36.3 Å². The Kier molecular flexibility index (Phi) is 6.19. The maximum atomic E-state index is 13.2. The Hall–Kier alpha value is -3.49. The number of nitrogens with zero attached hydrogens (tertiary/aromatic N) is 5. The molecule has 4 aromatic rings. The predicted octanol–water partition coefficient (Wildman–Crippen LogP) is 2.73. The maximum absolute atomic E-state index is 13.2. The molecule has 33 heavy (non-hydrogen) atoms. The third-order valence-corrected chi connectivity index (χ3v) is 5.94. The summed E-state index contributed by atoms with van der Waals surface area (Å²) in [6.45, 7) is 3.25. The van der Waals surface area contributed by atoms with Crippen molar-refractivity contribution >= 4 is 16.8 Å². The van der Waals surface area contributed by atoms with E-state index in [0.717, 1.165) is 22.3 Å². The highest BCUT2D eigenvalue weighted by atomic mass is 16.5. The van der Waals surface area contributed by atoms with Crippen LogP contribution in [0, 0.1) is 0 Å². The van der Waals surface area contributed by atoms with Gasteiger partial charge in [0.15, 0.2) is 0 Å². The fraction of sp³-hybridized carbons (Fsp3) is 0.320. The summed E-state index contributed by atoms with van der Waals surface area (Å²) in [5.74, 6) is 0.102. The standard InChI is InChI=1S/C25H28N6O2/c1-29-12-20(11-27-29)13-31-16-23(33-18-19-6-8-26-9-7-19)15-30(17-25(31)32)14-22-10-21-4-2-3-5-24(21)28-22/h2-12,23,28H,13-18H2,1H3. The zero-order chi connectivity index (χ0) is 22.6. The molecule has 0 aliphatic carbocycles. The monoisotopic (exact) mass is 444 g/mol.